The second kappa shape index (κ2) is 11.9. The molecule has 1 unspecified atom stereocenters. The lowest BCUT2D eigenvalue weighted by Crippen LogP contribution is -2.33. The van der Waals surface area contributed by atoms with Gasteiger partial charge in [-0.2, -0.15) is 0 Å². The third-order valence-corrected chi connectivity index (χ3v) is 2.85. The van der Waals surface area contributed by atoms with E-state index in [1.54, 1.807) is 6.08 Å². The first-order chi connectivity index (χ1) is 10.4. The maximum atomic E-state index is 5.84. The Balaban J connectivity index is 4.56. The minimum Gasteiger partial charge on any atom is -0.382 e. The van der Waals surface area contributed by atoms with Crippen molar-refractivity contribution in [1.82, 2.24) is 10.6 Å². The van der Waals surface area contributed by atoms with Gasteiger partial charge in [-0.1, -0.05) is 24.7 Å². The summed E-state index contributed by atoms with van der Waals surface area (Å²) < 4.78 is 5.84. The minimum atomic E-state index is -0.0976. The van der Waals surface area contributed by atoms with Crippen LogP contribution in [0, 0.1) is 12.0 Å². The quantitative estimate of drug-likeness (QED) is 0.279. The van der Waals surface area contributed by atoms with Crippen LogP contribution in [0.2, 0.25) is 0 Å². The second-order valence-electron chi connectivity index (χ2n) is 6.04. The van der Waals surface area contributed by atoms with Crippen molar-refractivity contribution in [2.75, 3.05) is 13.2 Å². The molecule has 22 heavy (non-hydrogen) atoms. The minimum absolute atomic E-state index is 0.0976. The van der Waals surface area contributed by atoms with E-state index in [9.17, 15) is 0 Å². The third-order valence-electron chi connectivity index (χ3n) is 2.85. The van der Waals surface area contributed by atoms with E-state index in [2.05, 4.69) is 56.0 Å². The van der Waals surface area contributed by atoms with E-state index < -0.39 is 0 Å². The Labute approximate surface area is 136 Å². The van der Waals surface area contributed by atoms with Crippen molar-refractivity contribution in [2.45, 2.75) is 59.1 Å². The van der Waals surface area contributed by atoms with Crippen LogP contribution in [0.3, 0.4) is 0 Å². The maximum Gasteiger partial charge on any atom is 0.0598 e. The molecular weight excluding hydrogens is 272 g/mol. The summed E-state index contributed by atoms with van der Waals surface area (Å²) in [6.45, 7) is 15.4. The average molecular weight is 304 g/mol. The van der Waals surface area contributed by atoms with Crippen molar-refractivity contribution in [3.63, 3.8) is 0 Å². The lowest BCUT2D eigenvalue weighted by atomic mass is 10.1. The normalized spacial score (nSPS) is 13.4. The van der Waals surface area contributed by atoms with E-state index in [0.29, 0.717) is 6.04 Å². The Bertz CT molecular complexity index is 419. The average Bonchev–Trinajstić information content (AvgIpc) is 2.42. The summed E-state index contributed by atoms with van der Waals surface area (Å²) >= 11 is 0. The summed E-state index contributed by atoms with van der Waals surface area (Å²) in [4.78, 5) is 0. The molecule has 0 aromatic heterocycles. The Kier molecular flexibility index (Phi) is 11.0. The molecule has 0 rings (SSSR count). The van der Waals surface area contributed by atoms with E-state index in [-0.39, 0.29) is 5.60 Å². The molecule has 124 valence electrons. The van der Waals surface area contributed by atoms with Crippen molar-refractivity contribution < 1.29 is 4.74 Å². The van der Waals surface area contributed by atoms with E-state index >= 15 is 0 Å². The topological polar surface area (TPSA) is 33.3 Å². The summed E-state index contributed by atoms with van der Waals surface area (Å²) in [5, 5.41) is 6.66. The van der Waals surface area contributed by atoms with Crippen molar-refractivity contribution in [3.05, 3.63) is 36.6 Å². The number of allylic oxidation sites excluding steroid dienone is 4. The predicted octanol–water partition coefficient (Wildman–Crippen LogP) is 3.76. The molecule has 0 heterocycles. The van der Waals surface area contributed by atoms with E-state index in [1.165, 1.54) is 0 Å². The highest BCUT2D eigenvalue weighted by Gasteiger charge is 2.13. The molecule has 0 aromatic rings. The standard InChI is InChI=1S/C19H32N2O/c1-7-10-17(11-8-2)21-18(12-15-20-14-9-3)13-16-22-19(4,5)6/h7-8,10-11,18,20-21H,1,12-13,15-16H2,2-6H3/b11-8-,17-10+. The zero-order valence-corrected chi connectivity index (χ0v) is 14.8. The van der Waals surface area contributed by atoms with Crippen LogP contribution in [0.15, 0.2) is 36.6 Å². The number of ether oxygens (including phenoxy) is 1. The first-order valence-electron chi connectivity index (χ1n) is 7.93. The van der Waals surface area contributed by atoms with Gasteiger partial charge < -0.3 is 15.4 Å². The molecule has 0 aliphatic rings. The molecule has 0 saturated carbocycles. The highest BCUT2D eigenvalue weighted by atomic mass is 16.5. The molecule has 0 radical (unpaired) electrons. The Morgan fingerprint density at radius 3 is 2.59 bits per heavy atom. The fraction of sp³-hybridized carbons (Fsp3) is 0.579. The van der Waals surface area contributed by atoms with Crippen LogP contribution >= 0.6 is 0 Å². The van der Waals surface area contributed by atoms with Gasteiger partial charge in [0.15, 0.2) is 0 Å². The van der Waals surface area contributed by atoms with Crippen LogP contribution in [0.25, 0.3) is 0 Å². The monoisotopic (exact) mass is 304 g/mol. The molecule has 0 saturated heterocycles. The van der Waals surface area contributed by atoms with Crippen LogP contribution in [-0.2, 0) is 4.74 Å². The molecule has 3 heteroatoms. The fourth-order valence-electron chi connectivity index (χ4n) is 1.89. The van der Waals surface area contributed by atoms with Gasteiger partial charge in [0.05, 0.1) is 5.60 Å². The van der Waals surface area contributed by atoms with Gasteiger partial charge in [0, 0.05) is 30.9 Å². The number of hydrogen-bond acceptors (Lipinski definition) is 3. The highest BCUT2D eigenvalue weighted by Crippen LogP contribution is 2.10. The summed E-state index contributed by atoms with van der Waals surface area (Å²) in [7, 11) is 0. The van der Waals surface area contributed by atoms with E-state index in [4.69, 9.17) is 4.74 Å². The number of nitrogens with one attached hydrogen (secondary N) is 2. The van der Waals surface area contributed by atoms with Gasteiger partial charge >= 0.3 is 0 Å². The van der Waals surface area contributed by atoms with Crippen LogP contribution in [-0.4, -0.2) is 24.8 Å². The molecule has 0 aliphatic heterocycles. The van der Waals surface area contributed by atoms with Crippen LogP contribution in [0.4, 0.5) is 0 Å². The van der Waals surface area contributed by atoms with E-state index in [1.807, 2.05) is 26.0 Å². The summed E-state index contributed by atoms with van der Waals surface area (Å²) in [6, 6.07) is 3.21. The first-order valence-corrected chi connectivity index (χ1v) is 7.93. The third kappa shape index (κ3) is 12.1. The van der Waals surface area contributed by atoms with Crippen molar-refractivity contribution in [3.8, 4) is 12.0 Å². The van der Waals surface area contributed by atoms with Gasteiger partial charge in [-0.05, 0) is 59.6 Å². The zero-order chi connectivity index (χ0) is 16.8. The Hall–Kier alpha value is -1.66. The van der Waals surface area contributed by atoms with Gasteiger partial charge in [0.1, 0.15) is 0 Å². The van der Waals surface area contributed by atoms with Gasteiger partial charge in [0.2, 0.25) is 0 Å². The zero-order valence-electron chi connectivity index (χ0n) is 14.8. The molecule has 1 atom stereocenters. The Morgan fingerprint density at radius 1 is 1.32 bits per heavy atom. The van der Waals surface area contributed by atoms with Gasteiger partial charge in [-0.15, -0.1) is 0 Å². The largest absolute Gasteiger partial charge is 0.382 e. The molecule has 0 aliphatic carbocycles. The molecule has 3 nitrogen and oxygen atoms in total. The van der Waals surface area contributed by atoms with Crippen LogP contribution in [0.5, 0.6) is 0 Å². The summed E-state index contributed by atoms with van der Waals surface area (Å²) in [5.41, 5.74) is 0.972. The SMILES string of the molecule is C=C/C=C(\C=C/C)NC(CCNC#CC)CCOC(C)(C)C. The Morgan fingerprint density at radius 2 is 2.05 bits per heavy atom. The summed E-state index contributed by atoms with van der Waals surface area (Å²) in [6.07, 6.45) is 9.78. The molecular formula is C19H32N2O. The van der Waals surface area contributed by atoms with Crippen molar-refractivity contribution in [1.29, 1.82) is 0 Å². The number of rotatable bonds is 10. The van der Waals surface area contributed by atoms with Gasteiger partial charge in [-0.25, -0.2) is 0 Å². The number of hydrogen-bond donors (Lipinski definition) is 2. The van der Waals surface area contributed by atoms with Crippen molar-refractivity contribution >= 4 is 0 Å². The smallest absolute Gasteiger partial charge is 0.0598 e. The summed E-state index contributed by atoms with van der Waals surface area (Å²) in [5.74, 6) is 2.84. The van der Waals surface area contributed by atoms with Gasteiger partial charge in [0.25, 0.3) is 0 Å². The molecule has 0 spiro atoms. The second-order valence-corrected chi connectivity index (χ2v) is 6.04. The molecule has 0 aromatic carbocycles. The molecule has 0 fully saturated rings. The predicted molar refractivity (Wildman–Crippen MR) is 96.4 cm³/mol. The molecule has 0 amide bonds. The first kappa shape index (κ1) is 20.3. The fourth-order valence-corrected chi connectivity index (χ4v) is 1.89. The lowest BCUT2D eigenvalue weighted by Gasteiger charge is -2.24. The van der Waals surface area contributed by atoms with Crippen LogP contribution in [0.1, 0.15) is 47.5 Å². The van der Waals surface area contributed by atoms with E-state index in [0.717, 1.165) is 31.7 Å². The highest BCUT2D eigenvalue weighted by molar-refractivity contribution is 5.21. The van der Waals surface area contributed by atoms with Crippen LogP contribution < -0.4 is 10.6 Å². The molecule has 0 bridgehead atoms. The lowest BCUT2D eigenvalue weighted by molar-refractivity contribution is -0.00702. The van der Waals surface area contributed by atoms with Crippen molar-refractivity contribution in [2.24, 2.45) is 0 Å². The maximum absolute atomic E-state index is 5.84. The van der Waals surface area contributed by atoms with Gasteiger partial charge in [-0.3, -0.25) is 0 Å². The molecule has 2 N–H and O–H groups in total.